The first kappa shape index (κ1) is 26.9. The number of carbonyl (C=O) groups is 3. The van der Waals surface area contributed by atoms with Gasteiger partial charge < -0.3 is 9.84 Å². The Balaban J connectivity index is 3.93. The van der Waals surface area contributed by atoms with Crippen LogP contribution in [0.3, 0.4) is 0 Å². The number of hydrogen-bond donors (Lipinski definition) is 1. The van der Waals surface area contributed by atoms with Crippen LogP contribution in [-0.4, -0.2) is 22.6 Å². The minimum atomic E-state index is -0.622. The molecule has 0 radical (unpaired) electrons. The summed E-state index contributed by atoms with van der Waals surface area (Å²) in [6.45, 7) is 17.0. The summed E-state index contributed by atoms with van der Waals surface area (Å²) >= 11 is 0. The summed E-state index contributed by atoms with van der Waals surface area (Å²) in [4.78, 5) is 38.7. The fourth-order valence-corrected chi connectivity index (χ4v) is 3.78. The largest absolute Gasteiger partial charge is 0.506 e. The van der Waals surface area contributed by atoms with Crippen LogP contribution in [0.1, 0.15) is 88.0 Å². The first-order chi connectivity index (χ1) is 14.3. The van der Waals surface area contributed by atoms with Gasteiger partial charge in [0.05, 0.1) is 5.57 Å². The van der Waals surface area contributed by atoms with Gasteiger partial charge in [0.2, 0.25) is 0 Å². The lowest BCUT2D eigenvalue weighted by atomic mass is 9.79. The minimum Gasteiger partial charge on any atom is -0.506 e. The summed E-state index contributed by atoms with van der Waals surface area (Å²) in [6, 6.07) is 0. The highest BCUT2D eigenvalue weighted by molar-refractivity contribution is 6.18. The first-order valence-electron chi connectivity index (χ1n) is 11.4. The van der Waals surface area contributed by atoms with Gasteiger partial charge in [0.1, 0.15) is 11.3 Å². The molecule has 5 heteroatoms. The van der Waals surface area contributed by atoms with Gasteiger partial charge in [-0.15, -0.1) is 0 Å². The van der Waals surface area contributed by atoms with E-state index in [0.717, 1.165) is 5.57 Å². The van der Waals surface area contributed by atoms with Crippen LogP contribution in [0.2, 0.25) is 0 Å². The molecule has 0 heterocycles. The number of aliphatic hydroxyl groups excluding tert-OH is 1. The normalized spacial score (nSPS) is 15.1. The number of allylic oxidation sites excluding steroid dienone is 4. The number of carbonyl (C=O) groups excluding carboxylic acids is 3. The zero-order chi connectivity index (χ0) is 24.0. The number of rotatable bonds is 10. The Bertz CT molecular complexity index is 792. The average Bonchev–Trinajstić information content (AvgIpc) is 2.59. The number of esters is 1. The highest BCUT2D eigenvalue weighted by Gasteiger charge is 2.39. The van der Waals surface area contributed by atoms with Gasteiger partial charge in [-0.1, -0.05) is 61.0 Å². The second-order valence-corrected chi connectivity index (χ2v) is 10.1. The lowest BCUT2D eigenvalue weighted by molar-refractivity contribution is -0.136. The molecule has 0 spiro atoms. The molecule has 5 nitrogen and oxygen atoms in total. The monoisotopic (exact) mass is 432 g/mol. The van der Waals surface area contributed by atoms with Crippen molar-refractivity contribution < 1.29 is 24.2 Å². The average molecular weight is 433 g/mol. The first-order valence-corrected chi connectivity index (χ1v) is 11.4. The molecule has 31 heavy (non-hydrogen) atoms. The van der Waals surface area contributed by atoms with Crippen molar-refractivity contribution in [3.05, 3.63) is 33.8 Å². The van der Waals surface area contributed by atoms with Crippen LogP contribution >= 0.6 is 0 Å². The topological polar surface area (TPSA) is 80.7 Å². The van der Waals surface area contributed by atoms with Crippen LogP contribution in [0.25, 0.3) is 0 Å². The van der Waals surface area contributed by atoms with Crippen LogP contribution in [0.5, 0.6) is 0 Å². The number of aliphatic hydroxyl groups is 1. The van der Waals surface area contributed by atoms with Crippen molar-refractivity contribution in [2.75, 3.05) is 0 Å². The molecule has 0 aromatic heterocycles. The molecular formula is C26H40O5. The molecular weight excluding hydrogens is 392 g/mol. The standard InChI is InChI=1S/C26H40O5/c1-14(2)10-11-20-24(29)21(19(12-15(3)4)13-16(5)6)25(30)22(23(28)17(7)8)26(20)31-18(9)27/h14-17,30H,10-13H2,1-9H3. The molecule has 0 atom stereocenters. The third-order valence-corrected chi connectivity index (χ3v) is 5.13. The molecule has 0 bridgehead atoms. The molecule has 1 aliphatic rings. The van der Waals surface area contributed by atoms with E-state index in [9.17, 15) is 19.5 Å². The smallest absolute Gasteiger partial charge is 0.308 e. The summed E-state index contributed by atoms with van der Waals surface area (Å²) in [5.41, 5.74) is 1.35. The molecule has 0 aromatic carbocycles. The van der Waals surface area contributed by atoms with Crippen molar-refractivity contribution in [1.82, 2.24) is 0 Å². The van der Waals surface area contributed by atoms with Crippen molar-refractivity contribution in [1.29, 1.82) is 0 Å². The number of hydrogen-bond acceptors (Lipinski definition) is 5. The zero-order valence-corrected chi connectivity index (χ0v) is 20.7. The van der Waals surface area contributed by atoms with E-state index in [1.54, 1.807) is 13.8 Å². The second-order valence-electron chi connectivity index (χ2n) is 10.1. The number of ketones is 2. The fourth-order valence-electron chi connectivity index (χ4n) is 3.78. The summed E-state index contributed by atoms with van der Waals surface area (Å²) < 4.78 is 5.41. The van der Waals surface area contributed by atoms with Gasteiger partial charge in [0, 0.05) is 18.4 Å². The summed E-state index contributed by atoms with van der Waals surface area (Å²) in [6.07, 6.45) is 2.37. The van der Waals surface area contributed by atoms with Gasteiger partial charge >= 0.3 is 5.97 Å². The van der Waals surface area contributed by atoms with Crippen LogP contribution in [-0.2, 0) is 19.1 Å². The van der Waals surface area contributed by atoms with Crippen LogP contribution in [0, 0.1) is 23.7 Å². The van der Waals surface area contributed by atoms with Gasteiger partial charge in [-0.3, -0.25) is 14.4 Å². The van der Waals surface area contributed by atoms with Crippen molar-refractivity contribution in [3.63, 3.8) is 0 Å². The van der Waals surface area contributed by atoms with Crippen LogP contribution in [0.4, 0.5) is 0 Å². The quantitative estimate of drug-likeness (QED) is 0.326. The number of ether oxygens (including phenoxy) is 1. The molecule has 0 fully saturated rings. The Morgan fingerprint density at radius 1 is 0.903 bits per heavy atom. The molecule has 0 aromatic rings. The lowest BCUT2D eigenvalue weighted by Gasteiger charge is -2.27. The lowest BCUT2D eigenvalue weighted by Crippen LogP contribution is -2.28. The molecule has 1 N–H and O–H groups in total. The summed E-state index contributed by atoms with van der Waals surface area (Å²) in [5, 5.41) is 11.2. The van der Waals surface area contributed by atoms with E-state index in [4.69, 9.17) is 4.74 Å². The molecule has 0 amide bonds. The van der Waals surface area contributed by atoms with E-state index < -0.39 is 11.9 Å². The van der Waals surface area contributed by atoms with E-state index in [-0.39, 0.29) is 46.1 Å². The maximum Gasteiger partial charge on any atom is 0.308 e. The van der Waals surface area contributed by atoms with Gasteiger partial charge in [0.15, 0.2) is 17.3 Å². The predicted octanol–water partition coefficient (Wildman–Crippen LogP) is 6.25. The molecule has 1 rings (SSSR count). The third-order valence-electron chi connectivity index (χ3n) is 5.13. The summed E-state index contributed by atoms with van der Waals surface area (Å²) in [7, 11) is 0. The number of Topliss-reactive ketones (excluding diaryl/α,β-unsaturated/α-hetero) is 2. The van der Waals surface area contributed by atoms with E-state index in [1.165, 1.54) is 6.92 Å². The van der Waals surface area contributed by atoms with Crippen molar-refractivity contribution in [2.45, 2.75) is 88.0 Å². The van der Waals surface area contributed by atoms with Crippen molar-refractivity contribution in [2.24, 2.45) is 23.7 Å². The predicted molar refractivity (Wildman–Crippen MR) is 123 cm³/mol. The second kappa shape index (κ2) is 11.4. The Hall–Kier alpha value is -2.17. The highest BCUT2D eigenvalue weighted by atomic mass is 16.5. The SMILES string of the molecule is CC(=O)OC1=C(CCC(C)C)C(=O)C(=C(CC(C)C)CC(C)C)C(O)=C1C(=O)C(C)C. The third kappa shape index (κ3) is 7.19. The summed E-state index contributed by atoms with van der Waals surface area (Å²) in [5.74, 6) is -1.24. The van der Waals surface area contributed by atoms with E-state index in [2.05, 4.69) is 27.7 Å². The van der Waals surface area contributed by atoms with Crippen LogP contribution < -0.4 is 0 Å². The fraction of sp³-hybridized carbons (Fsp3) is 0.654. The minimum absolute atomic E-state index is 0.0384. The maximum absolute atomic E-state index is 13.7. The molecule has 0 saturated heterocycles. The zero-order valence-electron chi connectivity index (χ0n) is 20.7. The molecule has 0 aliphatic heterocycles. The molecule has 174 valence electrons. The van der Waals surface area contributed by atoms with Crippen molar-refractivity contribution >= 4 is 17.5 Å². The van der Waals surface area contributed by atoms with E-state index in [1.807, 2.05) is 13.8 Å². The highest BCUT2D eigenvalue weighted by Crippen LogP contribution is 2.39. The Morgan fingerprint density at radius 2 is 1.42 bits per heavy atom. The van der Waals surface area contributed by atoms with Gasteiger partial charge in [-0.2, -0.15) is 0 Å². The van der Waals surface area contributed by atoms with Gasteiger partial charge in [0.25, 0.3) is 0 Å². The molecule has 1 aliphatic carbocycles. The molecule has 0 unspecified atom stereocenters. The van der Waals surface area contributed by atoms with Gasteiger partial charge in [-0.05, 0) is 43.4 Å². The Morgan fingerprint density at radius 3 is 1.81 bits per heavy atom. The van der Waals surface area contributed by atoms with Gasteiger partial charge in [-0.25, -0.2) is 0 Å². The Labute approximate surface area is 187 Å². The van der Waals surface area contributed by atoms with Crippen molar-refractivity contribution in [3.8, 4) is 0 Å². The Kier molecular flexibility index (Phi) is 9.92. The van der Waals surface area contributed by atoms with E-state index >= 15 is 0 Å². The molecule has 0 saturated carbocycles. The maximum atomic E-state index is 13.7. The van der Waals surface area contributed by atoms with Crippen LogP contribution in [0.15, 0.2) is 33.8 Å². The van der Waals surface area contributed by atoms with E-state index in [0.29, 0.717) is 37.2 Å².